The molecular weight excluding hydrogens is 300 g/mol. The first-order valence-corrected chi connectivity index (χ1v) is 8.00. The molecule has 0 bridgehead atoms. The molecule has 114 valence electrons. The van der Waals surface area contributed by atoms with Crippen LogP contribution in [0.15, 0.2) is 18.5 Å². The normalized spacial score (nSPS) is 16.5. The number of rotatable bonds is 2. The lowest BCUT2D eigenvalue weighted by Gasteiger charge is -2.25. The highest BCUT2D eigenvalue weighted by Gasteiger charge is 2.23. The fourth-order valence-corrected chi connectivity index (χ4v) is 3.49. The first-order chi connectivity index (χ1) is 10.7. The Kier molecular flexibility index (Phi) is 3.33. The standard InChI is InChI=1S/C15H17ClN6/c1-21-18-9-12(20-21)13-7-10-8-17-15(16)19-14(10)22(13)11-5-3-2-4-6-11/h7-9,11H,2-6H2,1H3. The van der Waals surface area contributed by atoms with Crippen LogP contribution in [0.2, 0.25) is 5.28 Å². The Hall–Kier alpha value is -1.95. The van der Waals surface area contributed by atoms with Crippen LogP contribution >= 0.6 is 11.6 Å². The lowest BCUT2D eigenvalue weighted by Crippen LogP contribution is -2.14. The number of hydrogen-bond donors (Lipinski definition) is 0. The smallest absolute Gasteiger partial charge is 0.224 e. The molecule has 0 amide bonds. The number of fused-ring (bicyclic) bond motifs is 1. The molecule has 4 rings (SSSR count). The van der Waals surface area contributed by atoms with E-state index in [1.807, 2.05) is 7.05 Å². The summed E-state index contributed by atoms with van der Waals surface area (Å²) in [7, 11) is 1.83. The second kappa shape index (κ2) is 5.35. The Morgan fingerprint density at radius 1 is 1.18 bits per heavy atom. The third-order valence-corrected chi connectivity index (χ3v) is 4.53. The van der Waals surface area contributed by atoms with Gasteiger partial charge in [-0.3, -0.25) is 0 Å². The van der Waals surface area contributed by atoms with Crippen molar-refractivity contribution < 1.29 is 0 Å². The lowest BCUT2D eigenvalue weighted by atomic mass is 9.95. The van der Waals surface area contributed by atoms with E-state index in [-0.39, 0.29) is 5.28 Å². The molecule has 1 fully saturated rings. The van der Waals surface area contributed by atoms with Crippen LogP contribution in [-0.2, 0) is 7.05 Å². The monoisotopic (exact) mass is 316 g/mol. The number of nitrogens with zero attached hydrogens (tertiary/aromatic N) is 6. The predicted octanol–water partition coefficient (Wildman–Crippen LogP) is 3.39. The van der Waals surface area contributed by atoms with E-state index in [9.17, 15) is 0 Å². The summed E-state index contributed by atoms with van der Waals surface area (Å²) >= 11 is 6.02. The largest absolute Gasteiger partial charge is 0.321 e. The van der Waals surface area contributed by atoms with Gasteiger partial charge in [0.05, 0.1) is 11.9 Å². The van der Waals surface area contributed by atoms with Gasteiger partial charge in [-0.25, -0.2) is 4.98 Å². The summed E-state index contributed by atoms with van der Waals surface area (Å²) in [6.45, 7) is 0. The van der Waals surface area contributed by atoms with Crippen molar-refractivity contribution in [2.75, 3.05) is 0 Å². The highest BCUT2D eigenvalue weighted by atomic mass is 35.5. The van der Waals surface area contributed by atoms with Gasteiger partial charge in [0.15, 0.2) is 0 Å². The Morgan fingerprint density at radius 3 is 2.73 bits per heavy atom. The summed E-state index contributed by atoms with van der Waals surface area (Å²) in [4.78, 5) is 10.2. The van der Waals surface area contributed by atoms with Gasteiger partial charge in [-0.15, -0.1) is 0 Å². The molecule has 0 saturated heterocycles. The molecule has 1 aliphatic rings. The van der Waals surface area contributed by atoms with Crippen LogP contribution in [0.1, 0.15) is 38.1 Å². The predicted molar refractivity (Wildman–Crippen MR) is 84.7 cm³/mol. The van der Waals surface area contributed by atoms with Gasteiger partial charge in [0.2, 0.25) is 5.28 Å². The van der Waals surface area contributed by atoms with Gasteiger partial charge in [0.25, 0.3) is 0 Å². The fourth-order valence-electron chi connectivity index (χ4n) is 3.36. The van der Waals surface area contributed by atoms with Gasteiger partial charge in [-0.1, -0.05) is 19.3 Å². The van der Waals surface area contributed by atoms with E-state index in [0.29, 0.717) is 6.04 Å². The van der Waals surface area contributed by atoms with E-state index >= 15 is 0 Å². The summed E-state index contributed by atoms with van der Waals surface area (Å²) in [5, 5.41) is 9.94. The van der Waals surface area contributed by atoms with E-state index < -0.39 is 0 Å². The maximum Gasteiger partial charge on any atom is 0.224 e. The van der Waals surface area contributed by atoms with Crippen LogP contribution < -0.4 is 0 Å². The Bertz CT molecular complexity index is 815. The minimum absolute atomic E-state index is 0.286. The third-order valence-electron chi connectivity index (χ3n) is 4.35. The fraction of sp³-hybridized carbons (Fsp3) is 0.467. The molecule has 0 unspecified atom stereocenters. The summed E-state index contributed by atoms with van der Waals surface area (Å²) in [6.07, 6.45) is 9.72. The molecule has 3 aromatic rings. The number of halogens is 1. The second-order valence-electron chi connectivity index (χ2n) is 5.83. The first kappa shape index (κ1) is 13.7. The minimum Gasteiger partial charge on any atom is -0.321 e. The Morgan fingerprint density at radius 2 is 2.00 bits per heavy atom. The molecule has 0 aliphatic heterocycles. The molecule has 1 saturated carbocycles. The van der Waals surface area contributed by atoms with Crippen LogP contribution in [0.4, 0.5) is 0 Å². The van der Waals surface area contributed by atoms with Crippen LogP contribution in [-0.4, -0.2) is 29.5 Å². The summed E-state index contributed by atoms with van der Waals surface area (Å²) in [6, 6.07) is 2.53. The maximum absolute atomic E-state index is 6.02. The quantitative estimate of drug-likeness (QED) is 0.680. The molecule has 22 heavy (non-hydrogen) atoms. The molecular formula is C15H17ClN6. The topological polar surface area (TPSA) is 61.4 Å². The molecule has 1 aliphatic carbocycles. The second-order valence-corrected chi connectivity index (χ2v) is 6.17. The minimum atomic E-state index is 0.286. The third kappa shape index (κ3) is 2.27. The highest BCUT2D eigenvalue weighted by Crippen LogP contribution is 2.36. The number of hydrogen-bond acceptors (Lipinski definition) is 4. The highest BCUT2D eigenvalue weighted by molar-refractivity contribution is 6.28. The van der Waals surface area contributed by atoms with Crippen molar-refractivity contribution in [3.63, 3.8) is 0 Å². The van der Waals surface area contributed by atoms with E-state index in [4.69, 9.17) is 11.6 Å². The summed E-state index contributed by atoms with van der Waals surface area (Å²) < 4.78 is 2.28. The maximum atomic E-state index is 6.02. The van der Waals surface area contributed by atoms with E-state index in [1.165, 1.54) is 32.1 Å². The van der Waals surface area contributed by atoms with Crippen molar-refractivity contribution in [2.24, 2.45) is 7.05 Å². The first-order valence-electron chi connectivity index (χ1n) is 7.62. The zero-order chi connectivity index (χ0) is 15.1. The van der Waals surface area contributed by atoms with Crippen molar-refractivity contribution in [3.8, 4) is 11.4 Å². The lowest BCUT2D eigenvalue weighted by molar-refractivity contribution is 0.361. The van der Waals surface area contributed by atoms with Crippen LogP contribution in [0, 0.1) is 0 Å². The van der Waals surface area contributed by atoms with Gasteiger partial charge in [0.1, 0.15) is 11.3 Å². The summed E-state index contributed by atoms with van der Waals surface area (Å²) in [5.74, 6) is 0. The molecule has 0 radical (unpaired) electrons. The van der Waals surface area contributed by atoms with Gasteiger partial charge in [0, 0.05) is 24.7 Å². The van der Waals surface area contributed by atoms with Crippen LogP contribution in [0.3, 0.4) is 0 Å². The van der Waals surface area contributed by atoms with Gasteiger partial charge in [-0.05, 0) is 30.5 Å². The molecule has 3 heterocycles. The van der Waals surface area contributed by atoms with Crippen molar-refractivity contribution in [2.45, 2.75) is 38.1 Å². The van der Waals surface area contributed by atoms with Crippen molar-refractivity contribution >= 4 is 22.6 Å². The Labute approximate surface area is 133 Å². The average molecular weight is 317 g/mol. The van der Waals surface area contributed by atoms with Crippen molar-refractivity contribution in [1.29, 1.82) is 0 Å². The van der Waals surface area contributed by atoms with E-state index in [0.717, 1.165) is 22.4 Å². The van der Waals surface area contributed by atoms with Gasteiger partial charge in [-0.2, -0.15) is 20.0 Å². The zero-order valence-electron chi connectivity index (χ0n) is 12.4. The number of aromatic nitrogens is 6. The van der Waals surface area contributed by atoms with Crippen molar-refractivity contribution in [1.82, 2.24) is 29.5 Å². The molecule has 6 nitrogen and oxygen atoms in total. The molecule has 0 atom stereocenters. The number of aryl methyl sites for hydroxylation is 1. The van der Waals surface area contributed by atoms with Gasteiger partial charge >= 0.3 is 0 Å². The van der Waals surface area contributed by atoms with Crippen LogP contribution in [0.25, 0.3) is 22.4 Å². The molecule has 0 N–H and O–H groups in total. The van der Waals surface area contributed by atoms with E-state index in [1.54, 1.807) is 17.2 Å². The zero-order valence-corrected chi connectivity index (χ0v) is 13.2. The van der Waals surface area contributed by atoms with Gasteiger partial charge < -0.3 is 4.57 Å². The molecule has 0 aromatic carbocycles. The molecule has 7 heteroatoms. The average Bonchev–Trinajstić information content (AvgIpc) is 3.11. The van der Waals surface area contributed by atoms with E-state index in [2.05, 4.69) is 30.8 Å². The SMILES string of the molecule is Cn1ncc(-c2cc3cnc(Cl)nc3n2C2CCCCC2)n1. The molecule has 3 aromatic heterocycles. The Balaban J connectivity index is 1.94. The summed E-state index contributed by atoms with van der Waals surface area (Å²) in [5.41, 5.74) is 2.81. The molecule has 0 spiro atoms. The van der Waals surface area contributed by atoms with Crippen LogP contribution in [0.5, 0.6) is 0 Å². The van der Waals surface area contributed by atoms with Crippen molar-refractivity contribution in [3.05, 3.63) is 23.7 Å².